The number of rotatable bonds is 6. The molecule has 0 unspecified atom stereocenters. The maximum absolute atomic E-state index is 10.2. The second-order valence-corrected chi connectivity index (χ2v) is 1.84. The summed E-state index contributed by atoms with van der Waals surface area (Å²) in [5.74, 6) is -0.818. The summed E-state index contributed by atoms with van der Waals surface area (Å²) >= 11 is 0. The highest BCUT2D eigenvalue weighted by Crippen LogP contribution is 1.84. The summed E-state index contributed by atoms with van der Waals surface area (Å²) in [6, 6.07) is 0. The summed E-state index contributed by atoms with van der Waals surface area (Å²) in [6.07, 6.45) is 0.786. The van der Waals surface area contributed by atoms with E-state index in [0.717, 1.165) is 0 Å². The van der Waals surface area contributed by atoms with Crippen LogP contribution in [0.4, 0.5) is 0 Å². The van der Waals surface area contributed by atoms with Gasteiger partial charge in [-0.2, -0.15) is 0 Å². The van der Waals surface area contributed by atoms with Gasteiger partial charge in [0.1, 0.15) is 0 Å². The van der Waals surface area contributed by atoms with E-state index in [1.54, 1.807) is 0 Å². The quantitative estimate of drug-likeness (QED) is 0.240. The number of ether oxygens (including phenoxy) is 2. The lowest BCUT2D eigenvalue weighted by molar-refractivity contribution is -0.148. The molecule has 4 heteroatoms. The molecule has 0 aliphatic carbocycles. The van der Waals surface area contributed by atoms with Crippen LogP contribution in [0.2, 0.25) is 0 Å². The summed E-state index contributed by atoms with van der Waals surface area (Å²) < 4.78 is 9.42. The Balaban J connectivity index is 3.01. The fourth-order valence-electron chi connectivity index (χ4n) is 0.512. The molecule has 4 nitrogen and oxygen atoms in total. The summed E-state index contributed by atoms with van der Waals surface area (Å²) in [6.45, 7) is 3.35. The van der Waals surface area contributed by atoms with E-state index in [1.807, 2.05) is 6.92 Å². The third-order valence-corrected chi connectivity index (χ3v) is 0.978. The van der Waals surface area contributed by atoms with E-state index in [9.17, 15) is 9.59 Å². The van der Waals surface area contributed by atoms with Crippen LogP contribution in [0.1, 0.15) is 13.3 Å². The van der Waals surface area contributed by atoms with Crippen molar-refractivity contribution < 1.29 is 19.1 Å². The van der Waals surface area contributed by atoms with E-state index in [0.29, 0.717) is 19.6 Å². The number of hydrogen-bond acceptors (Lipinski definition) is 4. The third kappa shape index (κ3) is 6.99. The zero-order valence-corrected chi connectivity index (χ0v) is 6.54. The Labute approximate surface area is 65.5 Å². The van der Waals surface area contributed by atoms with Crippen LogP contribution in [-0.4, -0.2) is 32.1 Å². The van der Waals surface area contributed by atoms with Crippen molar-refractivity contribution in [2.24, 2.45) is 0 Å². The van der Waals surface area contributed by atoms with E-state index in [1.165, 1.54) is 0 Å². The van der Waals surface area contributed by atoms with Crippen molar-refractivity contribution in [1.82, 2.24) is 0 Å². The van der Waals surface area contributed by atoms with Gasteiger partial charge in [0.15, 0.2) is 0 Å². The highest BCUT2D eigenvalue weighted by Gasteiger charge is 1.96. The molecule has 11 heavy (non-hydrogen) atoms. The Morgan fingerprint density at radius 2 is 2.18 bits per heavy atom. The zero-order chi connectivity index (χ0) is 8.53. The van der Waals surface area contributed by atoms with Gasteiger partial charge in [0, 0.05) is 19.6 Å². The van der Waals surface area contributed by atoms with Gasteiger partial charge in [-0.05, 0) is 6.92 Å². The Hall–Kier alpha value is -0.900. The summed E-state index contributed by atoms with van der Waals surface area (Å²) in [7, 11) is 0. The van der Waals surface area contributed by atoms with Crippen LogP contribution < -0.4 is 0 Å². The number of carbonyl (C=O) groups is 2. The minimum Gasteiger partial charge on any atom is -0.460 e. The normalized spacial score (nSPS) is 9.18. The highest BCUT2D eigenvalue weighted by molar-refractivity contribution is 6.20. The van der Waals surface area contributed by atoms with Crippen molar-refractivity contribution in [1.29, 1.82) is 0 Å². The first-order chi connectivity index (χ1) is 5.31. The van der Waals surface area contributed by atoms with Crippen LogP contribution in [0.15, 0.2) is 0 Å². The van der Waals surface area contributed by atoms with E-state index in [4.69, 9.17) is 4.74 Å². The van der Waals surface area contributed by atoms with Crippen LogP contribution in [0.5, 0.6) is 0 Å². The molecule has 0 heterocycles. The molecule has 0 aromatic heterocycles. The van der Waals surface area contributed by atoms with Crippen LogP contribution in [-0.2, 0) is 19.1 Å². The van der Waals surface area contributed by atoms with Crippen molar-refractivity contribution >= 4 is 12.3 Å². The van der Waals surface area contributed by atoms with Crippen molar-refractivity contribution in [3.8, 4) is 0 Å². The monoisotopic (exact) mass is 160 g/mol. The zero-order valence-electron chi connectivity index (χ0n) is 6.54. The number of esters is 1. The maximum atomic E-state index is 10.2. The smallest absolute Gasteiger partial charge is 0.371 e. The van der Waals surface area contributed by atoms with Crippen LogP contribution in [0, 0.1) is 0 Å². The fourth-order valence-corrected chi connectivity index (χ4v) is 0.512. The van der Waals surface area contributed by atoms with Crippen molar-refractivity contribution in [2.75, 3.05) is 19.8 Å². The first kappa shape index (κ1) is 10.1. The van der Waals surface area contributed by atoms with E-state index >= 15 is 0 Å². The standard InChI is InChI=1S/C7H12O4/c1-2-10-4-3-5-11-7(9)6-8/h6H,2-5H2,1H3. The van der Waals surface area contributed by atoms with Crippen LogP contribution in [0.3, 0.4) is 0 Å². The number of hydrogen-bond donors (Lipinski definition) is 0. The molecule has 0 radical (unpaired) electrons. The van der Waals surface area contributed by atoms with Crippen LogP contribution >= 0.6 is 0 Å². The minimum atomic E-state index is -0.818. The molecule has 0 bridgehead atoms. The minimum absolute atomic E-state index is 0.153. The van der Waals surface area contributed by atoms with Gasteiger partial charge in [-0.3, -0.25) is 4.79 Å². The maximum Gasteiger partial charge on any atom is 0.371 e. The molecule has 0 aliphatic rings. The fraction of sp³-hybridized carbons (Fsp3) is 0.714. The second-order valence-electron chi connectivity index (χ2n) is 1.84. The molecule has 0 saturated carbocycles. The van der Waals surface area contributed by atoms with Gasteiger partial charge in [0.25, 0.3) is 0 Å². The Morgan fingerprint density at radius 1 is 1.45 bits per heavy atom. The predicted molar refractivity (Wildman–Crippen MR) is 38.1 cm³/mol. The summed E-state index contributed by atoms with van der Waals surface area (Å²) in [4.78, 5) is 19.9. The molecule has 0 aromatic carbocycles. The van der Waals surface area contributed by atoms with E-state index < -0.39 is 5.97 Å². The first-order valence-electron chi connectivity index (χ1n) is 3.51. The summed E-state index contributed by atoms with van der Waals surface area (Å²) in [5, 5.41) is 0. The largest absolute Gasteiger partial charge is 0.460 e. The second kappa shape index (κ2) is 7.21. The molecule has 0 aromatic rings. The third-order valence-electron chi connectivity index (χ3n) is 0.978. The van der Waals surface area contributed by atoms with Crippen molar-refractivity contribution in [3.63, 3.8) is 0 Å². The lowest BCUT2D eigenvalue weighted by Gasteiger charge is -2.00. The van der Waals surface area contributed by atoms with Gasteiger partial charge in [0.2, 0.25) is 6.29 Å². The van der Waals surface area contributed by atoms with Gasteiger partial charge >= 0.3 is 5.97 Å². The molecule has 0 spiro atoms. The molecule has 0 aliphatic heterocycles. The molecular formula is C7H12O4. The van der Waals surface area contributed by atoms with Crippen molar-refractivity contribution in [3.05, 3.63) is 0 Å². The Bertz CT molecular complexity index is 122. The number of aldehydes is 1. The molecule has 0 rings (SSSR count). The first-order valence-corrected chi connectivity index (χ1v) is 3.51. The number of carbonyl (C=O) groups excluding carboxylic acids is 2. The SMILES string of the molecule is CCOCCCOC(=O)C=O. The van der Waals surface area contributed by atoms with Gasteiger partial charge in [0.05, 0.1) is 6.61 Å². The molecule has 64 valence electrons. The van der Waals surface area contributed by atoms with Gasteiger partial charge < -0.3 is 9.47 Å². The lowest BCUT2D eigenvalue weighted by atomic mass is 10.5. The van der Waals surface area contributed by atoms with Crippen LogP contribution in [0.25, 0.3) is 0 Å². The molecule has 0 fully saturated rings. The molecular weight excluding hydrogens is 148 g/mol. The molecule has 0 N–H and O–H groups in total. The average molecular weight is 160 g/mol. The highest BCUT2D eigenvalue weighted by atomic mass is 16.5. The molecule has 0 atom stereocenters. The Morgan fingerprint density at radius 3 is 2.73 bits per heavy atom. The Kier molecular flexibility index (Phi) is 6.62. The predicted octanol–water partition coefficient (Wildman–Crippen LogP) is 0.155. The van der Waals surface area contributed by atoms with Crippen molar-refractivity contribution in [2.45, 2.75) is 13.3 Å². The van der Waals surface area contributed by atoms with E-state index in [-0.39, 0.29) is 12.9 Å². The molecule has 0 saturated heterocycles. The van der Waals surface area contributed by atoms with Gasteiger partial charge in [-0.15, -0.1) is 0 Å². The summed E-state index contributed by atoms with van der Waals surface area (Å²) in [5.41, 5.74) is 0. The topological polar surface area (TPSA) is 52.6 Å². The van der Waals surface area contributed by atoms with Gasteiger partial charge in [-0.1, -0.05) is 0 Å². The lowest BCUT2D eigenvalue weighted by Crippen LogP contribution is -2.08. The molecule has 0 amide bonds. The average Bonchev–Trinajstić information content (AvgIpc) is 2.04. The van der Waals surface area contributed by atoms with Gasteiger partial charge in [-0.25, -0.2) is 4.79 Å². The van der Waals surface area contributed by atoms with E-state index in [2.05, 4.69) is 4.74 Å².